The highest BCUT2D eigenvalue weighted by atomic mass is 32.2. The second-order valence-electron chi connectivity index (χ2n) is 5.43. The van der Waals surface area contributed by atoms with Gasteiger partial charge in [-0.3, -0.25) is 0 Å². The Morgan fingerprint density at radius 1 is 1.00 bits per heavy atom. The molecule has 3 rings (SSSR count). The average molecular weight is 343 g/mol. The molecule has 0 bridgehead atoms. The first-order valence-electron chi connectivity index (χ1n) is 7.27. The summed E-state index contributed by atoms with van der Waals surface area (Å²) in [5.41, 5.74) is 3.33. The Labute approximate surface area is 140 Å². The van der Waals surface area contributed by atoms with Crippen LogP contribution in [0, 0.1) is 6.92 Å². The van der Waals surface area contributed by atoms with E-state index < -0.39 is 9.84 Å². The third-order valence-electron chi connectivity index (χ3n) is 3.77. The molecular weight excluding hydrogens is 326 g/mol. The smallest absolute Gasteiger partial charge is 0.175 e. The predicted octanol–water partition coefficient (Wildman–Crippen LogP) is 2.65. The molecule has 0 aliphatic rings. The van der Waals surface area contributed by atoms with E-state index in [1.807, 2.05) is 31.2 Å². The van der Waals surface area contributed by atoms with Crippen LogP contribution in [-0.4, -0.2) is 36.8 Å². The van der Waals surface area contributed by atoms with Gasteiger partial charge in [0.2, 0.25) is 0 Å². The zero-order valence-electron chi connectivity index (χ0n) is 13.6. The SMILES string of the molecule is COc1ccc(-c2nnn(-c3ccc(S(C)(=O)=O)cc3)c2C)cc1. The standard InChI is InChI=1S/C17H17N3O3S/c1-12-17(13-4-8-15(23-2)9-5-13)18-19-20(12)14-6-10-16(11-7-14)24(3,21)22/h4-11H,1-3H3. The molecular formula is C17H17N3O3S. The Hall–Kier alpha value is -2.67. The molecule has 0 aliphatic carbocycles. The van der Waals surface area contributed by atoms with Crippen LogP contribution in [0.25, 0.3) is 16.9 Å². The van der Waals surface area contributed by atoms with Crippen molar-refractivity contribution in [2.24, 2.45) is 0 Å². The van der Waals surface area contributed by atoms with Gasteiger partial charge in [0.15, 0.2) is 9.84 Å². The van der Waals surface area contributed by atoms with Crippen LogP contribution in [0.3, 0.4) is 0 Å². The summed E-state index contributed by atoms with van der Waals surface area (Å²) in [5.74, 6) is 0.778. The van der Waals surface area contributed by atoms with E-state index in [0.29, 0.717) is 0 Å². The van der Waals surface area contributed by atoms with Crippen LogP contribution in [0.15, 0.2) is 53.4 Å². The van der Waals surface area contributed by atoms with E-state index in [0.717, 1.165) is 28.4 Å². The molecule has 0 N–H and O–H groups in total. The number of benzene rings is 2. The molecule has 0 fully saturated rings. The first-order valence-corrected chi connectivity index (χ1v) is 9.16. The van der Waals surface area contributed by atoms with Gasteiger partial charge in [-0.2, -0.15) is 0 Å². The van der Waals surface area contributed by atoms with Crippen LogP contribution >= 0.6 is 0 Å². The van der Waals surface area contributed by atoms with E-state index in [2.05, 4.69) is 10.3 Å². The number of sulfone groups is 1. The van der Waals surface area contributed by atoms with Crippen molar-refractivity contribution in [3.63, 3.8) is 0 Å². The molecule has 0 atom stereocenters. The average Bonchev–Trinajstić information content (AvgIpc) is 2.96. The number of methoxy groups -OCH3 is 1. The Balaban J connectivity index is 1.97. The number of ether oxygens (including phenoxy) is 1. The van der Waals surface area contributed by atoms with E-state index in [1.165, 1.54) is 6.26 Å². The van der Waals surface area contributed by atoms with E-state index in [4.69, 9.17) is 4.74 Å². The fourth-order valence-electron chi connectivity index (χ4n) is 2.42. The lowest BCUT2D eigenvalue weighted by atomic mass is 10.1. The lowest BCUT2D eigenvalue weighted by Crippen LogP contribution is -2.01. The zero-order valence-corrected chi connectivity index (χ0v) is 14.4. The van der Waals surface area contributed by atoms with Crippen molar-refractivity contribution in [3.8, 4) is 22.7 Å². The molecule has 3 aromatic rings. The normalized spacial score (nSPS) is 11.5. The van der Waals surface area contributed by atoms with Crippen LogP contribution in [0.2, 0.25) is 0 Å². The third kappa shape index (κ3) is 3.03. The Bertz CT molecular complexity index is 959. The zero-order chi connectivity index (χ0) is 17.3. The molecule has 0 aliphatic heterocycles. The highest BCUT2D eigenvalue weighted by Crippen LogP contribution is 2.25. The summed E-state index contributed by atoms with van der Waals surface area (Å²) in [4.78, 5) is 0.277. The van der Waals surface area contributed by atoms with E-state index in [-0.39, 0.29) is 4.90 Å². The van der Waals surface area contributed by atoms with Crippen LogP contribution in [0.5, 0.6) is 5.75 Å². The van der Waals surface area contributed by atoms with Crippen molar-refractivity contribution < 1.29 is 13.2 Å². The number of aromatic nitrogens is 3. The first-order chi connectivity index (χ1) is 11.4. The minimum absolute atomic E-state index is 0.277. The molecule has 124 valence electrons. The largest absolute Gasteiger partial charge is 0.497 e. The summed E-state index contributed by atoms with van der Waals surface area (Å²) in [6, 6.07) is 14.2. The summed E-state index contributed by atoms with van der Waals surface area (Å²) >= 11 is 0. The Kier molecular flexibility index (Phi) is 4.11. The molecule has 6 nitrogen and oxygen atoms in total. The quantitative estimate of drug-likeness (QED) is 0.728. The molecule has 1 aromatic heterocycles. The summed E-state index contributed by atoms with van der Waals surface area (Å²) in [6.45, 7) is 1.92. The van der Waals surface area contributed by atoms with Gasteiger partial charge in [-0.25, -0.2) is 13.1 Å². The number of hydrogen-bond donors (Lipinski definition) is 0. The van der Waals surface area contributed by atoms with Crippen molar-refractivity contribution in [3.05, 3.63) is 54.2 Å². The second-order valence-corrected chi connectivity index (χ2v) is 7.45. The van der Waals surface area contributed by atoms with Crippen LogP contribution in [0.1, 0.15) is 5.69 Å². The number of nitrogens with zero attached hydrogens (tertiary/aromatic N) is 3. The summed E-state index contributed by atoms with van der Waals surface area (Å²) in [5, 5.41) is 8.43. The monoisotopic (exact) mass is 343 g/mol. The minimum atomic E-state index is -3.21. The Morgan fingerprint density at radius 2 is 1.62 bits per heavy atom. The number of rotatable bonds is 4. The maximum absolute atomic E-state index is 11.5. The molecule has 0 spiro atoms. The predicted molar refractivity (Wildman–Crippen MR) is 91.2 cm³/mol. The minimum Gasteiger partial charge on any atom is -0.497 e. The topological polar surface area (TPSA) is 74.1 Å². The van der Waals surface area contributed by atoms with Gasteiger partial charge in [0.1, 0.15) is 11.4 Å². The van der Waals surface area contributed by atoms with Gasteiger partial charge >= 0.3 is 0 Å². The maximum atomic E-state index is 11.5. The summed E-state index contributed by atoms with van der Waals surface area (Å²) < 4.78 is 29.9. The second kappa shape index (κ2) is 6.09. The molecule has 0 unspecified atom stereocenters. The van der Waals surface area contributed by atoms with Gasteiger partial charge in [0, 0.05) is 11.8 Å². The van der Waals surface area contributed by atoms with Gasteiger partial charge < -0.3 is 4.74 Å². The van der Waals surface area contributed by atoms with Gasteiger partial charge in [-0.15, -0.1) is 5.10 Å². The summed E-state index contributed by atoms with van der Waals surface area (Å²) in [6.07, 6.45) is 1.19. The molecule has 7 heteroatoms. The van der Waals surface area contributed by atoms with E-state index in [1.54, 1.807) is 36.1 Å². The van der Waals surface area contributed by atoms with Crippen molar-refractivity contribution >= 4 is 9.84 Å². The summed E-state index contributed by atoms with van der Waals surface area (Å²) in [7, 11) is -1.59. The van der Waals surface area contributed by atoms with Crippen molar-refractivity contribution in [2.45, 2.75) is 11.8 Å². The molecule has 0 amide bonds. The molecule has 0 saturated heterocycles. The molecule has 0 saturated carbocycles. The highest BCUT2D eigenvalue weighted by Gasteiger charge is 2.13. The van der Waals surface area contributed by atoms with Crippen LogP contribution < -0.4 is 4.74 Å². The number of hydrogen-bond acceptors (Lipinski definition) is 5. The lowest BCUT2D eigenvalue weighted by molar-refractivity contribution is 0.415. The molecule has 1 heterocycles. The van der Waals surface area contributed by atoms with Crippen molar-refractivity contribution in [2.75, 3.05) is 13.4 Å². The molecule has 24 heavy (non-hydrogen) atoms. The van der Waals surface area contributed by atoms with Crippen LogP contribution in [0.4, 0.5) is 0 Å². The highest BCUT2D eigenvalue weighted by molar-refractivity contribution is 7.90. The van der Waals surface area contributed by atoms with E-state index in [9.17, 15) is 8.42 Å². The van der Waals surface area contributed by atoms with Gasteiger partial charge in [-0.1, -0.05) is 5.21 Å². The first kappa shape index (κ1) is 16.2. The fourth-order valence-corrected chi connectivity index (χ4v) is 3.06. The maximum Gasteiger partial charge on any atom is 0.175 e. The Morgan fingerprint density at radius 3 is 2.17 bits per heavy atom. The fraction of sp³-hybridized carbons (Fsp3) is 0.176. The van der Waals surface area contributed by atoms with Crippen LogP contribution in [-0.2, 0) is 9.84 Å². The van der Waals surface area contributed by atoms with Gasteiger partial charge in [0.25, 0.3) is 0 Å². The van der Waals surface area contributed by atoms with Crippen molar-refractivity contribution in [1.82, 2.24) is 15.0 Å². The third-order valence-corrected chi connectivity index (χ3v) is 4.90. The van der Waals surface area contributed by atoms with Crippen molar-refractivity contribution in [1.29, 1.82) is 0 Å². The van der Waals surface area contributed by atoms with E-state index >= 15 is 0 Å². The van der Waals surface area contributed by atoms with Gasteiger partial charge in [0.05, 0.1) is 23.4 Å². The molecule has 2 aromatic carbocycles. The van der Waals surface area contributed by atoms with Gasteiger partial charge in [-0.05, 0) is 55.5 Å². The lowest BCUT2D eigenvalue weighted by Gasteiger charge is -2.05. The molecule has 0 radical (unpaired) electrons.